The number of carbonyl (C=O) groups is 6. The van der Waals surface area contributed by atoms with Gasteiger partial charge in [0.15, 0.2) is 11.9 Å². The van der Waals surface area contributed by atoms with E-state index in [4.69, 9.17) is 28.7 Å². The second-order valence-corrected chi connectivity index (χ2v) is 15.3. The molecule has 320 valence electrons. The van der Waals surface area contributed by atoms with Crippen LogP contribution in [0.3, 0.4) is 0 Å². The second-order valence-electron chi connectivity index (χ2n) is 15.3. The Morgan fingerprint density at radius 2 is 1.39 bits per heavy atom. The number of hydrogen-bond donors (Lipinski definition) is 8. The number of amides is 6. The zero-order valence-electron chi connectivity index (χ0n) is 34.3. The molecule has 3 unspecified atom stereocenters. The number of primary amides is 1. The maximum Gasteiger partial charge on any atom is 0.253 e. The van der Waals surface area contributed by atoms with Gasteiger partial charge in [-0.05, 0) is 66.9 Å². The highest BCUT2D eigenvalue weighted by Crippen LogP contribution is 2.29. The molecule has 4 atom stereocenters. The molecule has 1 fully saturated rings. The van der Waals surface area contributed by atoms with Crippen LogP contribution in [0.1, 0.15) is 89.7 Å². The number of aliphatic imine (C=N–C) groups is 2. The zero-order valence-corrected chi connectivity index (χ0v) is 34.3. The third kappa shape index (κ3) is 16.6. The molecule has 0 radical (unpaired) electrons. The SMILES string of the molecule is CC(=O)N(C(=O)/C=C/c1ccccc1)[C@H](CC1CCCCC1)C(=O)NC(Cc1ccc(N=C(N)N)cc1)C(=O)NC(CC(C)C)C(=O)NC(CCCN=C(N)N)C(N)=O. The topological polar surface area (TPSA) is 297 Å². The number of rotatable bonds is 21. The zero-order chi connectivity index (χ0) is 43.5. The number of benzene rings is 2. The summed E-state index contributed by atoms with van der Waals surface area (Å²) in [6.07, 6.45) is 8.24. The minimum atomic E-state index is -1.29. The van der Waals surface area contributed by atoms with E-state index >= 15 is 0 Å². The van der Waals surface area contributed by atoms with E-state index < -0.39 is 59.6 Å². The highest BCUT2D eigenvalue weighted by Gasteiger charge is 2.37. The molecule has 2 aromatic carbocycles. The molecule has 13 N–H and O–H groups in total. The van der Waals surface area contributed by atoms with Gasteiger partial charge in [0, 0.05) is 26.0 Å². The van der Waals surface area contributed by atoms with Crippen molar-refractivity contribution in [2.75, 3.05) is 6.54 Å². The Morgan fingerprint density at radius 1 is 0.780 bits per heavy atom. The molecule has 1 aliphatic carbocycles. The smallest absolute Gasteiger partial charge is 0.253 e. The van der Waals surface area contributed by atoms with Crippen LogP contribution in [0.4, 0.5) is 5.69 Å². The van der Waals surface area contributed by atoms with E-state index in [0.717, 1.165) is 42.6 Å². The Kier molecular flexibility index (Phi) is 19.0. The maximum absolute atomic E-state index is 14.5. The first-order chi connectivity index (χ1) is 28.0. The molecule has 17 nitrogen and oxygen atoms in total. The molecule has 2 aromatic rings. The molecule has 0 heterocycles. The molecule has 1 aliphatic rings. The Balaban J connectivity index is 1.98. The summed E-state index contributed by atoms with van der Waals surface area (Å²) in [6, 6.07) is 11.0. The van der Waals surface area contributed by atoms with E-state index in [1.54, 1.807) is 42.5 Å². The molecule has 3 rings (SSSR count). The van der Waals surface area contributed by atoms with Crippen LogP contribution in [0, 0.1) is 11.8 Å². The number of carbonyl (C=O) groups excluding carboxylic acids is 6. The molecule has 6 amide bonds. The summed E-state index contributed by atoms with van der Waals surface area (Å²) in [5.74, 6) is -4.44. The quantitative estimate of drug-likeness (QED) is 0.0390. The predicted molar refractivity (Wildman–Crippen MR) is 228 cm³/mol. The molecule has 59 heavy (non-hydrogen) atoms. The number of nitrogens with one attached hydrogen (secondary N) is 3. The summed E-state index contributed by atoms with van der Waals surface area (Å²) in [5, 5.41) is 8.27. The molecule has 1 saturated carbocycles. The van der Waals surface area contributed by atoms with Crippen molar-refractivity contribution in [2.45, 2.75) is 109 Å². The Bertz CT molecular complexity index is 1820. The summed E-state index contributed by atoms with van der Waals surface area (Å²) in [6.45, 7) is 5.16. The third-order valence-electron chi connectivity index (χ3n) is 9.90. The lowest BCUT2D eigenvalue weighted by molar-refractivity contribution is -0.149. The van der Waals surface area contributed by atoms with E-state index in [-0.39, 0.29) is 56.0 Å². The van der Waals surface area contributed by atoms with Crippen molar-refractivity contribution in [2.24, 2.45) is 50.5 Å². The summed E-state index contributed by atoms with van der Waals surface area (Å²) < 4.78 is 0. The van der Waals surface area contributed by atoms with Crippen molar-refractivity contribution in [3.05, 3.63) is 71.8 Å². The Labute approximate surface area is 346 Å². The minimum Gasteiger partial charge on any atom is -0.370 e. The standard InChI is InChI=1S/C42H61N11O6/c1-26(2)23-33(38(57)50-32(37(43)56)15-10-22-48-41(44)45)51-39(58)34(24-30-16-19-31(20-17-30)49-42(46)47)52-40(59)35(25-29-13-8-5-9-14-29)53(27(3)54)36(55)21-18-28-11-6-4-7-12-28/h4,6-7,11-12,16-21,26,29,32-35H,5,8-10,13-15,22-25H2,1-3H3,(H2,43,56)(H,50,57)(H,51,58)(H,52,59)(H4,44,45,48)(H4,46,47,49)/b21-18+/t32?,33?,34?,35-/m1/s1. The molecule has 0 bridgehead atoms. The van der Waals surface area contributed by atoms with Crippen molar-refractivity contribution >= 4 is 59.1 Å². The van der Waals surface area contributed by atoms with Gasteiger partial charge in [-0.25, -0.2) is 4.99 Å². The van der Waals surface area contributed by atoms with Crippen LogP contribution in [0.2, 0.25) is 0 Å². The largest absolute Gasteiger partial charge is 0.370 e. The highest BCUT2D eigenvalue weighted by atomic mass is 16.2. The van der Waals surface area contributed by atoms with Gasteiger partial charge in [0.1, 0.15) is 24.2 Å². The number of nitrogens with two attached hydrogens (primary N) is 5. The van der Waals surface area contributed by atoms with E-state index in [1.807, 2.05) is 32.0 Å². The lowest BCUT2D eigenvalue weighted by Crippen LogP contribution is -2.59. The van der Waals surface area contributed by atoms with Gasteiger partial charge in [-0.15, -0.1) is 0 Å². The fourth-order valence-corrected chi connectivity index (χ4v) is 7.01. The first-order valence-electron chi connectivity index (χ1n) is 20.0. The third-order valence-corrected chi connectivity index (χ3v) is 9.90. The van der Waals surface area contributed by atoms with Crippen LogP contribution in [0.25, 0.3) is 6.08 Å². The normalized spacial score (nSPS) is 14.9. The van der Waals surface area contributed by atoms with Crippen LogP contribution in [-0.2, 0) is 35.2 Å². The van der Waals surface area contributed by atoms with E-state index in [2.05, 4.69) is 25.9 Å². The van der Waals surface area contributed by atoms with Gasteiger partial charge in [0.05, 0.1) is 5.69 Å². The number of hydrogen-bond acceptors (Lipinski definition) is 8. The van der Waals surface area contributed by atoms with Crippen molar-refractivity contribution in [1.82, 2.24) is 20.9 Å². The lowest BCUT2D eigenvalue weighted by Gasteiger charge is -2.33. The van der Waals surface area contributed by atoms with Gasteiger partial charge in [0.25, 0.3) is 5.91 Å². The minimum absolute atomic E-state index is 0.0531. The predicted octanol–water partition coefficient (Wildman–Crippen LogP) is 1.60. The van der Waals surface area contributed by atoms with Crippen molar-refractivity contribution in [1.29, 1.82) is 0 Å². The molecular formula is C42H61N11O6. The van der Waals surface area contributed by atoms with Crippen molar-refractivity contribution < 1.29 is 28.8 Å². The second kappa shape index (κ2) is 23.8. The van der Waals surface area contributed by atoms with Gasteiger partial charge in [0.2, 0.25) is 29.5 Å². The maximum atomic E-state index is 14.5. The summed E-state index contributed by atoms with van der Waals surface area (Å²) >= 11 is 0. The van der Waals surface area contributed by atoms with Crippen LogP contribution in [-0.4, -0.2) is 83.0 Å². The Morgan fingerprint density at radius 3 is 1.97 bits per heavy atom. The van der Waals surface area contributed by atoms with Crippen LogP contribution < -0.4 is 44.6 Å². The fraction of sp³-hybridized carbons (Fsp3) is 0.476. The summed E-state index contributed by atoms with van der Waals surface area (Å²) in [7, 11) is 0. The number of nitrogens with zero attached hydrogens (tertiary/aromatic N) is 3. The van der Waals surface area contributed by atoms with Gasteiger partial charge >= 0.3 is 0 Å². The van der Waals surface area contributed by atoms with E-state index in [9.17, 15) is 28.8 Å². The van der Waals surface area contributed by atoms with Crippen molar-refractivity contribution in [3.63, 3.8) is 0 Å². The van der Waals surface area contributed by atoms with Gasteiger partial charge in [-0.3, -0.25) is 38.7 Å². The van der Waals surface area contributed by atoms with Crippen molar-refractivity contribution in [3.8, 4) is 0 Å². The van der Waals surface area contributed by atoms with Gasteiger partial charge in [-0.2, -0.15) is 0 Å². The summed E-state index contributed by atoms with van der Waals surface area (Å²) in [4.78, 5) is 90.9. The molecule has 0 aromatic heterocycles. The van der Waals surface area contributed by atoms with Gasteiger partial charge < -0.3 is 44.6 Å². The van der Waals surface area contributed by atoms with Crippen LogP contribution in [0.5, 0.6) is 0 Å². The molecule has 17 heteroatoms. The number of imide groups is 1. The number of guanidine groups is 2. The first kappa shape index (κ1) is 47.1. The van der Waals surface area contributed by atoms with Gasteiger partial charge in [-0.1, -0.05) is 88.4 Å². The Hall–Kier alpha value is -6.26. The monoisotopic (exact) mass is 815 g/mol. The average Bonchev–Trinajstić information content (AvgIpc) is 3.18. The first-order valence-corrected chi connectivity index (χ1v) is 20.0. The lowest BCUT2D eigenvalue weighted by atomic mass is 9.84. The molecule has 0 aliphatic heterocycles. The molecule has 0 spiro atoms. The molecular weight excluding hydrogens is 755 g/mol. The molecule has 0 saturated heterocycles. The van der Waals surface area contributed by atoms with E-state index in [1.165, 1.54) is 13.0 Å². The summed E-state index contributed by atoms with van der Waals surface area (Å²) in [5.41, 5.74) is 29.3. The van der Waals surface area contributed by atoms with Crippen LogP contribution >= 0.6 is 0 Å². The van der Waals surface area contributed by atoms with E-state index in [0.29, 0.717) is 17.7 Å². The average molecular weight is 816 g/mol. The highest BCUT2D eigenvalue weighted by molar-refractivity contribution is 6.06. The fourth-order valence-electron chi connectivity index (χ4n) is 7.01. The van der Waals surface area contributed by atoms with Crippen LogP contribution in [0.15, 0.2) is 70.7 Å².